The monoisotopic (exact) mass is 271 g/mol. The second-order valence-electron chi connectivity index (χ2n) is 4.57. The normalized spacial score (nSPS) is 14.2. The standard InChI is InChI=1S/C15H23F2NO/c1-4-8-12(18-6-3)13(5-2)19-14-10-7-9-11(16)15(14)17/h7,9-10,12-13,18H,4-6,8H2,1-3H3. The summed E-state index contributed by atoms with van der Waals surface area (Å²) < 4.78 is 32.4. The minimum absolute atomic E-state index is 0.00847. The molecule has 19 heavy (non-hydrogen) atoms. The van der Waals surface area contributed by atoms with Gasteiger partial charge in [-0.3, -0.25) is 0 Å². The molecule has 0 saturated carbocycles. The highest BCUT2D eigenvalue weighted by Crippen LogP contribution is 2.22. The van der Waals surface area contributed by atoms with Crippen LogP contribution in [0.1, 0.15) is 40.0 Å². The van der Waals surface area contributed by atoms with E-state index in [-0.39, 0.29) is 17.9 Å². The van der Waals surface area contributed by atoms with Gasteiger partial charge in [0.05, 0.1) is 0 Å². The van der Waals surface area contributed by atoms with E-state index in [0.717, 1.165) is 31.9 Å². The van der Waals surface area contributed by atoms with E-state index in [2.05, 4.69) is 12.2 Å². The van der Waals surface area contributed by atoms with E-state index in [1.54, 1.807) is 0 Å². The van der Waals surface area contributed by atoms with Crippen molar-refractivity contribution in [2.45, 2.75) is 52.2 Å². The second-order valence-corrected chi connectivity index (χ2v) is 4.57. The maximum Gasteiger partial charge on any atom is 0.200 e. The van der Waals surface area contributed by atoms with Crippen LogP contribution in [0.15, 0.2) is 18.2 Å². The van der Waals surface area contributed by atoms with Crippen molar-refractivity contribution in [2.24, 2.45) is 0 Å². The Morgan fingerprint density at radius 3 is 2.53 bits per heavy atom. The molecule has 0 saturated heterocycles. The molecule has 108 valence electrons. The summed E-state index contributed by atoms with van der Waals surface area (Å²) in [6, 6.07) is 4.18. The molecule has 0 fully saturated rings. The highest BCUT2D eigenvalue weighted by Gasteiger charge is 2.22. The van der Waals surface area contributed by atoms with Gasteiger partial charge in [0.2, 0.25) is 5.82 Å². The Morgan fingerprint density at radius 1 is 1.21 bits per heavy atom. The van der Waals surface area contributed by atoms with Crippen molar-refractivity contribution in [3.8, 4) is 5.75 Å². The van der Waals surface area contributed by atoms with E-state index >= 15 is 0 Å². The van der Waals surface area contributed by atoms with Crippen molar-refractivity contribution < 1.29 is 13.5 Å². The topological polar surface area (TPSA) is 21.3 Å². The van der Waals surface area contributed by atoms with Crippen molar-refractivity contribution >= 4 is 0 Å². The van der Waals surface area contributed by atoms with Crippen LogP contribution < -0.4 is 10.1 Å². The lowest BCUT2D eigenvalue weighted by Gasteiger charge is -2.27. The Kier molecular flexibility index (Phi) is 6.78. The van der Waals surface area contributed by atoms with Crippen LogP contribution in [0.4, 0.5) is 8.78 Å². The van der Waals surface area contributed by atoms with Crippen LogP contribution in [0.2, 0.25) is 0 Å². The number of rotatable bonds is 8. The van der Waals surface area contributed by atoms with Gasteiger partial charge in [-0.1, -0.05) is 33.3 Å². The van der Waals surface area contributed by atoms with Crippen LogP contribution in [0, 0.1) is 11.6 Å². The zero-order valence-electron chi connectivity index (χ0n) is 11.9. The molecule has 0 aliphatic rings. The van der Waals surface area contributed by atoms with Crippen molar-refractivity contribution in [2.75, 3.05) is 6.54 Å². The number of hydrogen-bond donors (Lipinski definition) is 1. The summed E-state index contributed by atoms with van der Waals surface area (Å²) in [5, 5.41) is 3.35. The quantitative estimate of drug-likeness (QED) is 0.774. The Labute approximate surface area is 114 Å². The minimum Gasteiger partial charge on any atom is -0.486 e. The first-order chi connectivity index (χ1) is 9.13. The first kappa shape index (κ1) is 15.9. The lowest BCUT2D eigenvalue weighted by atomic mass is 10.0. The van der Waals surface area contributed by atoms with Gasteiger partial charge < -0.3 is 10.1 Å². The zero-order valence-corrected chi connectivity index (χ0v) is 11.9. The van der Waals surface area contributed by atoms with Crippen LogP contribution in [-0.2, 0) is 0 Å². The molecular weight excluding hydrogens is 248 g/mol. The van der Waals surface area contributed by atoms with Crippen LogP contribution in [0.25, 0.3) is 0 Å². The van der Waals surface area contributed by atoms with Gasteiger partial charge in [0, 0.05) is 6.04 Å². The molecule has 2 atom stereocenters. The van der Waals surface area contributed by atoms with Gasteiger partial charge in [0.25, 0.3) is 0 Å². The third-order valence-electron chi connectivity index (χ3n) is 3.11. The van der Waals surface area contributed by atoms with Crippen LogP contribution in [0.3, 0.4) is 0 Å². The first-order valence-electron chi connectivity index (χ1n) is 6.98. The van der Waals surface area contributed by atoms with Gasteiger partial charge in [-0.15, -0.1) is 0 Å². The summed E-state index contributed by atoms with van der Waals surface area (Å²) in [4.78, 5) is 0. The third kappa shape index (κ3) is 4.46. The predicted molar refractivity (Wildman–Crippen MR) is 73.4 cm³/mol. The van der Waals surface area contributed by atoms with Crippen molar-refractivity contribution in [1.29, 1.82) is 0 Å². The molecule has 0 bridgehead atoms. The largest absolute Gasteiger partial charge is 0.486 e. The molecule has 0 heterocycles. The fraction of sp³-hybridized carbons (Fsp3) is 0.600. The van der Waals surface area contributed by atoms with Crippen LogP contribution >= 0.6 is 0 Å². The number of benzene rings is 1. The number of nitrogens with one attached hydrogen (secondary N) is 1. The fourth-order valence-corrected chi connectivity index (χ4v) is 2.18. The number of hydrogen-bond acceptors (Lipinski definition) is 2. The smallest absolute Gasteiger partial charge is 0.200 e. The number of likely N-dealkylation sites (N-methyl/N-ethyl adjacent to an activating group) is 1. The Morgan fingerprint density at radius 2 is 1.95 bits per heavy atom. The van der Waals surface area contributed by atoms with Gasteiger partial charge in [-0.25, -0.2) is 4.39 Å². The zero-order chi connectivity index (χ0) is 14.3. The molecule has 0 amide bonds. The molecule has 1 aromatic carbocycles. The van der Waals surface area contributed by atoms with Crippen molar-refractivity contribution in [3.63, 3.8) is 0 Å². The Balaban J connectivity index is 2.82. The lowest BCUT2D eigenvalue weighted by molar-refractivity contribution is 0.136. The highest BCUT2D eigenvalue weighted by atomic mass is 19.2. The molecule has 0 aliphatic heterocycles. The number of halogens is 2. The summed E-state index contributed by atoms with van der Waals surface area (Å²) in [5.74, 6) is -1.79. The van der Waals surface area contributed by atoms with E-state index in [1.807, 2.05) is 13.8 Å². The van der Waals surface area contributed by atoms with E-state index in [9.17, 15) is 8.78 Å². The van der Waals surface area contributed by atoms with E-state index in [1.165, 1.54) is 12.1 Å². The summed E-state index contributed by atoms with van der Waals surface area (Å²) in [7, 11) is 0. The summed E-state index contributed by atoms with van der Waals surface area (Å²) >= 11 is 0. The van der Waals surface area contributed by atoms with Crippen LogP contribution in [0.5, 0.6) is 5.75 Å². The molecule has 1 rings (SSSR count). The van der Waals surface area contributed by atoms with Crippen molar-refractivity contribution in [3.05, 3.63) is 29.8 Å². The molecule has 0 aliphatic carbocycles. The van der Waals surface area contributed by atoms with Gasteiger partial charge in [-0.2, -0.15) is 4.39 Å². The SMILES string of the molecule is CCCC(NCC)C(CC)Oc1cccc(F)c1F. The maximum atomic E-state index is 13.6. The predicted octanol–water partition coefficient (Wildman–Crippen LogP) is 3.90. The lowest BCUT2D eigenvalue weighted by Crippen LogP contribution is -2.42. The van der Waals surface area contributed by atoms with Gasteiger partial charge in [-0.05, 0) is 31.5 Å². The van der Waals surface area contributed by atoms with Crippen molar-refractivity contribution in [1.82, 2.24) is 5.32 Å². The molecule has 2 unspecified atom stereocenters. The molecule has 0 aromatic heterocycles. The van der Waals surface area contributed by atoms with E-state index < -0.39 is 11.6 Å². The molecule has 1 aromatic rings. The van der Waals surface area contributed by atoms with Crippen LogP contribution in [-0.4, -0.2) is 18.7 Å². The summed E-state index contributed by atoms with van der Waals surface area (Å²) in [6.07, 6.45) is 2.55. The second kappa shape index (κ2) is 8.10. The fourth-order valence-electron chi connectivity index (χ4n) is 2.18. The van der Waals surface area contributed by atoms with Gasteiger partial charge in [0.1, 0.15) is 6.10 Å². The molecule has 0 radical (unpaired) electrons. The molecular formula is C15H23F2NO. The third-order valence-corrected chi connectivity index (χ3v) is 3.11. The highest BCUT2D eigenvalue weighted by molar-refractivity contribution is 5.25. The van der Waals surface area contributed by atoms with E-state index in [0.29, 0.717) is 0 Å². The summed E-state index contributed by atoms with van der Waals surface area (Å²) in [6.45, 7) is 6.94. The van der Waals surface area contributed by atoms with Gasteiger partial charge in [0.15, 0.2) is 11.6 Å². The Bertz CT molecular complexity index is 378. The molecule has 0 spiro atoms. The van der Waals surface area contributed by atoms with Gasteiger partial charge >= 0.3 is 0 Å². The minimum atomic E-state index is -0.910. The average Bonchev–Trinajstić information content (AvgIpc) is 2.40. The first-order valence-corrected chi connectivity index (χ1v) is 6.98. The van der Waals surface area contributed by atoms with E-state index in [4.69, 9.17) is 4.74 Å². The number of ether oxygens (including phenoxy) is 1. The molecule has 1 N–H and O–H groups in total. The molecule has 2 nitrogen and oxygen atoms in total. The summed E-state index contributed by atoms with van der Waals surface area (Å²) in [5.41, 5.74) is 0. The average molecular weight is 271 g/mol. The Hall–Kier alpha value is -1.16. The molecule has 4 heteroatoms. The maximum absolute atomic E-state index is 13.6.